The molecular formula is C24H24ClN3O2. The first-order valence-electron chi connectivity index (χ1n) is 9.55. The van der Waals surface area contributed by atoms with Crippen LogP contribution in [0.25, 0.3) is 11.3 Å². The summed E-state index contributed by atoms with van der Waals surface area (Å²) in [6.07, 6.45) is 10.6. The molecule has 0 radical (unpaired) electrons. The molecule has 0 saturated carbocycles. The fourth-order valence-electron chi connectivity index (χ4n) is 2.80. The Morgan fingerprint density at radius 3 is 2.80 bits per heavy atom. The van der Waals surface area contributed by atoms with Crippen molar-refractivity contribution in [3.05, 3.63) is 65.9 Å². The molecule has 0 bridgehead atoms. The maximum Gasteiger partial charge on any atom is 0.255 e. The molecule has 0 spiro atoms. The SMILES string of the molecule is Cn1cc(C#CC(C)(C)C)c(-c2cc(NC(=O)C3=CC(Cl)C=CC=C3)ccc2O)n1. The molecule has 1 atom stereocenters. The largest absolute Gasteiger partial charge is 0.507 e. The first kappa shape index (κ1) is 21.5. The van der Waals surface area contributed by atoms with Crippen molar-refractivity contribution in [2.24, 2.45) is 12.5 Å². The summed E-state index contributed by atoms with van der Waals surface area (Å²) in [5.74, 6) is 6.12. The number of carbonyl (C=O) groups excluding carboxylic acids is 1. The average Bonchev–Trinajstić information content (AvgIpc) is 2.89. The van der Waals surface area contributed by atoms with Gasteiger partial charge in [0.05, 0.1) is 10.9 Å². The topological polar surface area (TPSA) is 67.2 Å². The first-order valence-corrected chi connectivity index (χ1v) is 9.98. The van der Waals surface area contributed by atoms with Gasteiger partial charge in [0.2, 0.25) is 0 Å². The van der Waals surface area contributed by atoms with Crippen LogP contribution in [-0.4, -0.2) is 26.2 Å². The number of phenolic OH excluding ortho intramolecular Hbond substituents is 1. The fraction of sp³-hybridized carbons (Fsp3) is 0.250. The van der Waals surface area contributed by atoms with Gasteiger partial charge < -0.3 is 10.4 Å². The van der Waals surface area contributed by atoms with E-state index in [1.54, 1.807) is 54.2 Å². The third-order valence-corrected chi connectivity index (χ3v) is 4.46. The molecule has 6 heteroatoms. The molecule has 1 heterocycles. The first-order chi connectivity index (χ1) is 14.1. The molecule has 0 saturated heterocycles. The number of carbonyl (C=O) groups is 1. The number of aromatic nitrogens is 2. The summed E-state index contributed by atoms with van der Waals surface area (Å²) in [5, 5.41) is 17.4. The number of nitrogens with zero attached hydrogens (tertiary/aromatic N) is 2. The summed E-state index contributed by atoms with van der Waals surface area (Å²) in [6.45, 7) is 6.09. The van der Waals surface area contributed by atoms with Crippen molar-refractivity contribution in [2.45, 2.75) is 26.1 Å². The van der Waals surface area contributed by atoms with Gasteiger partial charge in [-0.1, -0.05) is 36.1 Å². The summed E-state index contributed by atoms with van der Waals surface area (Å²) in [4.78, 5) is 12.7. The van der Waals surface area contributed by atoms with Crippen LogP contribution in [0.5, 0.6) is 5.75 Å². The van der Waals surface area contributed by atoms with Crippen molar-refractivity contribution in [2.75, 3.05) is 5.32 Å². The number of nitrogens with one attached hydrogen (secondary N) is 1. The Hall–Kier alpha value is -3.23. The number of aromatic hydroxyl groups is 1. The fourth-order valence-corrected chi connectivity index (χ4v) is 3.02. The Bertz CT molecular complexity index is 1120. The van der Waals surface area contributed by atoms with Crippen molar-refractivity contribution in [3.8, 4) is 28.8 Å². The average molecular weight is 422 g/mol. The Morgan fingerprint density at radius 1 is 1.30 bits per heavy atom. The normalized spacial score (nSPS) is 15.8. The van der Waals surface area contributed by atoms with Crippen LogP contribution in [0.4, 0.5) is 5.69 Å². The molecule has 2 N–H and O–H groups in total. The summed E-state index contributed by atoms with van der Waals surface area (Å²) in [7, 11) is 1.80. The number of hydrogen-bond acceptors (Lipinski definition) is 3. The summed E-state index contributed by atoms with van der Waals surface area (Å²) in [5.41, 5.74) is 2.59. The van der Waals surface area contributed by atoms with Gasteiger partial charge >= 0.3 is 0 Å². The smallest absolute Gasteiger partial charge is 0.255 e. The van der Waals surface area contributed by atoms with Gasteiger partial charge in [-0.05, 0) is 45.0 Å². The predicted molar refractivity (Wildman–Crippen MR) is 121 cm³/mol. The number of rotatable bonds is 3. The number of alkyl halides is 1. The van der Waals surface area contributed by atoms with Crippen molar-refractivity contribution in [3.63, 3.8) is 0 Å². The van der Waals surface area contributed by atoms with E-state index in [2.05, 4.69) is 22.3 Å². The zero-order valence-electron chi connectivity index (χ0n) is 17.4. The standard InChI is InChI=1S/C24H24ClN3O2/c1-24(2,3)12-11-17-15-28(4)27-22(17)20-14-19(9-10-21(20)29)26-23(30)16-7-5-6-8-18(25)13-16/h5-10,13-15,18,29H,1-4H3,(H,26,30). The molecule has 30 heavy (non-hydrogen) atoms. The Balaban J connectivity index is 1.93. The molecule has 1 aromatic heterocycles. The van der Waals surface area contributed by atoms with Gasteiger partial charge in [-0.2, -0.15) is 5.10 Å². The molecule has 3 rings (SSSR count). The van der Waals surface area contributed by atoms with E-state index in [1.165, 1.54) is 6.07 Å². The maximum atomic E-state index is 12.7. The zero-order valence-corrected chi connectivity index (χ0v) is 18.2. The second-order valence-electron chi connectivity index (χ2n) is 8.06. The highest BCUT2D eigenvalue weighted by Crippen LogP contribution is 2.33. The van der Waals surface area contributed by atoms with E-state index in [0.29, 0.717) is 28.1 Å². The van der Waals surface area contributed by atoms with Gasteiger partial charge in [0.25, 0.3) is 5.91 Å². The Kier molecular flexibility index (Phi) is 6.19. The molecule has 1 aliphatic carbocycles. The van der Waals surface area contributed by atoms with Gasteiger partial charge in [-0.25, -0.2) is 0 Å². The van der Waals surface area contributed by atoms with Crippen molar-refractivity contribution in [1.29, 1.82) is 0 Å². The van der Waals surface area contributed by atoms with E-state index in [9.17, 15) is 9.90 Å². The van der Waals surface area contributed by atoms with E-state index >= 15 is 0 Å². The Labute approximate surface area is 181 Å². The van der Waals surface area contributed by atoms with E-state index in [1.807, 2.05) is 27.0 Å². The quantitative estimate of drug-likeness (QED) is 0.425. The minimum absolute atomic E-state index is 0.0594. The van der Waals surface area contributed by atoms with Crippen molar-refractivity contribution in [1.82, 2.24) is 9.78 Å². The summed E-state index contributed by atoms with van der Waals surface area (Å²) < 4.78 is 1.65. The second-order valence-corrected chi connectivity index (χ2v) is 8.57. The van der Waals surface area contributed by atoms with E-state index in [4.69, 9.17) is 11.6 Å². The summed E-state index contributed by atoms with van der Waals surface area (Å²) >= 11 is 6.13. The van der Waals surface area contributed by atoms with Gasteiger partial charge in [0.1, 0.15) is 11.4 Å². The van der Waals surface area contributed by atoms with Crippen LogP contribution in [0, 0.1) is 17.3 Å². The molecule has 1 aliphatic rings. The highest BCUT2D eigenvalue weighted by atomic mass is 35.5. The summed E-state index contributed by atoms with van der Waals surface area (Å²) in [6, 6.07) is 4.86. The maximum absolute atomic E-state index is 12.7. The number of phenols is 1. The zero-order chi connectivity index (χ0) is 21.9. The van der Waals surface area contributed by atoms with Gasteiger partial charge in [0, 0.05) is 35.5 Å². The molecule has 0 fully saturated rings. The predicted octanol–water partition coefficient (Wildman–Crippen LogP) is 4.79. The Morgan fingerprint density at radius 2 is 2.07 bits per heavy atom. The molecule has 1 amide bonds. The lowest BCUT2D eigenvalue weighted by atomic mass is 9.97. The second kappa shape index (κ2) is 8.64. The van der Waals surface area contributed by atoms with E-state index in [-0.39, 0.29) is 22.4 Å². The van der Waals surface area contributed by atoms with Crippen LogP contribution < -0.4 is 5.32 Å². The molecule has 0 aliphatic heterocycles. The van der Waals surface area contributed by atoms with Crippen LogP contribution in [0.3, 0.4) is 0 Å². The molecule has 2 aromatic rings. The van der Waals surface area contributed by atoms with Gasteiger partial charge in [0.15, 0.2) is 0 Å². The molecule has 5 nitrogen and oxygen atoms in total. The molecular weight excluding hydrogens is 398 g/mol. The van der Waals surface area contributed by atoms with Crippen molar-refractivity contribution < 1.29 is 9.90 Å². The third kappa shape index (κ3) is 5.43. The lowest BCUT2D eigenvalue weighted by Gasteiger charge is -2.10. The highest BCUT2D eigenvalue weighted by Gasteiger charge is 2.16. The van der Waals surface area contributed by atoms with Crippen LogP contribution in [-0.2, 0) is 11.8 Å². The number of aryl methyl sites for hydroxylation is 1. The molecule has 1 unspecified atom stereocenters. The molecule has 154 valence electrons. The number of benzene rings is 1. The van der Waals surface area contributed by atoms with Gasteiger partial charge in [-0.15, -0.1) is 11.6 Å². The van der Waals surface area contributed by atoms with E-state index in [0.717, 1.165) is 0 Å². The van der Waals surface area contributed by atoms with Crippen LogP contribution in [0.1, 0.15) is 26.3 Å². The van der Waals surface area contributed by atoms with Crippen LogP contribution in [0.2, 0.25) is 0 Å². The minimum atomic E-state index is -0.353. The van der Waals surface area contributed by atoms with Gasteiger partial charge in [-0.3, -0.25) is 9.48 Å². The lowest BCUT2D eigenvalue weighted by molar-refractivity contribution is -0.112. The third-order valence-electron chi connectivity index (χ3n) is 4.19. The number of halogens is 1. The highest BCUT2D eigenvalue weighted by molar-refractivity contribution is 6.23. The monoisotopic (exact) mass is 421 g/mol. The van der Waals surface area contributed by atoms with Crippen LogP contribution >= 0.6 is 11.6 Å². The van der Waals surface area contributed by atoms with Crippen molar-refractivity contribution >= 4 is 23.2 Å². The molecule has 1 aromatic carbocycles. The lowest BCUT2D eigenvalue weighted by Crippen LogP contribution is -2.14. The number of allylic oxidation sites excluding steroid dienone is 4. The number of anilines is 1. The minimum Gasteiger partial charge on any atom is -0.507 e. The number of hydrogen-bond donors (Lipinski definition) is 2. The van der Waals surface area contributed by atoms with E-state index < -0.39 is 0 Å². The number of amides is 1. The van der Waals surface area contributed by atoms with Crippen LogP contribution in [0.15, 0.2) is 60.3 Å².